The number of rotatable bonds is 3. The van der Waals surface area contributed by atoms with Gasteiger partial charge in [-0.15, -0.1) is 5.10 Å². The first kappa shape index (κ1) is 15.1. The Balaban J connectivity index is 1.81. The molecule has 23 heavy (non-hydrogen) atoms. The first-order chi connectivity index (χ1) is 11.0. The van der Waals surface area contributed by atoms with E-state index < -0.39 is 5.91 Å². The minimum atomic E-state index is -0.453. The summed E-state index contributed by atoms with van der Waals surface area (Å²) in [5.74, 6) is -0.813. The zero-order chi connectivity index (χ0) is 16.4. The second kappa shape index (κ2) is 6.13. The van der Waals surface area contributed by atoms with Crippen LogP contribution in [-0.4, -0.2) is 25.9 Å². The van der Waals surface area contributed by atoms with Gasteiger partial charge in [0.2, 0.25) is 0 Å². The van der Waals surface area contributed by atoms with Gasteiger partial charge in [0.05, 0.1) is 28.3 Å². The molecule has 0 aliphatic rings. The average Bonchev–Trinajstić information content (AvgIpc) is 3.02. The molecule has 116 valence electrons. The van der Waals surface area contributed by atoms with E-state index in [1.807, 2.05) is 0 Å². The van der Waals surface area contributed by atoms with Crippen LogP contribution in [0.15, 0.2) is 42.7 Å². The van der Waals surface area contributed by atoms with Crippen LogP contribution in [0.5, 0.6) is 0 Å². The summed E-state index contributed by atoms with van der Waals surface area (Å²) in [6, 6.07) is 7.20. The summed E-state index contributed by atoms with van der Waals surface area (Å²) < 4.78 is 12.9. The molecule has 0 spiro atoms. The Morgan fingerprint density at radius 3 is 2.74 bits per heavy atom. The van der Waals surface area contributed by atoms with Crippen molar-refractivity contribution in [3.05, 3.63) is 65.0 Å². The number of anilines is 1. The molecule has 0 fully saturated rings. The van der Waals surface area contributed by atoms with Crippen molar-refractivity contribution in [1.82, 2.24) is 20.0 Å². The molecule has 0 bridgehead atoms. The molecule has 3 aromatic rings. The molecule has 2 heterocycles. The third kappa shape index (κ3) is 3.19. The van der Waals surface area contributed by atoms with Crippen LogP contribution < -0.4 is 5.32 Å². The fourth-order valence-corrected chi connectivity index (χ4v) is 2.06. The summed E-state index contributed by atoms with van der Waals surface area (Å²) in [6.07, 6.45) is 2.87. The van der Waals surface area contributed by atoms with Crippen molar-refractivity contribution in [2.75, 3.05) is 5.32 Å². The van der Waals surface area contributed by atoms with Crippen LogP contribution in [-0.2, 0) is 0 Å². The van der Waals surface area contributed by atoms with Gasteiger partial charge in [0.25, 0.3) is 5.91 Å². The van der Waals surface area contributed by atoms with E-state index in [1.165, 1.54) is 35.3 Å². The Kier molecular flexibility index (Phi) is 4.03. The van der Waals surface area contributed by atoms with E-state index >= 15 is 0 Å². The van der Waals surface area contributed by atoms with Gasteiger partial charge in [0, 0.05) is 6.20 Å². The topological polar surface area (TPSA) is 72.7 Å². The highest BCUT2D eigenvalue weighted by molar-refractivity contribution is 6.34. The number of hydrogen-bond acceptors (Lipinski definition) is 4. The first-order valence-electron chi connectivity index (χ1n) is 6.65. The Bertz CT molecular complexity index is 863. The molecule has 0 saturated heterocycles. The Hall–Kier alpha value is -2.80. The lowest BCUT2D eigenvalue weighted by atomic mass is 10.3. The van der Waals surface area contributed by atoms with Crippen LogP contribution in [0.4, 0.5) is 10.1 Å². The first-order valence-corrected chi connectivity index (χ1v) is 7.03. The summed E-state index contributed by atoms with van der Waals surface area (Å²) >= 11 is 6.09. The van der Waals surface area contributed by atoms with Gasteiger partial charge in [-0.2, -0.15) is 9.90 Å². The largest absolute Gasteiger partial charge is 0.319 e. The minimum Gasteiger partial charge on any atom is -0.319 e. The molecule has 0 aliphatic heterocycles. The maximum Gasteiger partial charge on any atom is 0.277 e. The molecule has 0 saturated carbocycles. The number of amides is 1. The predicted octanol–water partition coefficient (Wildman–Crippen LogP) is 3.02. The van der Waals surface area contributed by atoms with Gasteiger partial charge in [0.15, 0.2) is 5.69 Å². The van der Waals surface area contributed by atoms with E-state index in [0.29, 0.717) is 22.1 Å². The fourth-order valence-electron chi connectivity index (χ4n) is 1.90. The van der Waals surface area contributed by atoms with Gasteiger partial charge < -0.3 is 5.32 Å². The number of carbonyl (C=O) groups excluding carboxylic acids is 1. The van der Waals surface area contributed by atoms with Crippen molar-refractivity contribution in [1.29, 1.82) is 0 Å². The van der Waals surface area contributed by atoms with Gasteiger partial charge in [-0.1, -0.05) is 11.6 Å². The van der Waals surface area contributed by atoms with Crippen molar-refractivity contribution in [3.8, 4) is 5.69 Å². The Labute approximate surface area is 135 Å². The molecule has 0 atom stereocenters. The molecule has 0 unspecified atom stereocenters. The number of hydrogen-bond donors (Lipinski definition) is 1. The van der Waals surface area contributed by atoms with Crippen molar-refractivity contribution < 1.29 is 9.18 Å². The van der Waals surface area contributed by atoms with E-state index in [0.717, 1.165) is 0 Å². The standard InChI is InChI=1S/C15H11ClFN5O/c1-9-14(16)12(6-7-18-9)20-15(23)13-8-19-22(21-13)11-4-2-10(17)3-5-11/h2-8H,1H3,(H,18,20,23). The second-order valence-corrected chi connectivity index (χ2v) is 5.09. The molecule has 6 nitrogen and oxygen atoms in total. The van der Waals surface area contributed by atoms with Crippen LogP contribution in [0.1, 0.15) is 16.2 Å². The number of nitrogens with one attached hydrogen (secondary N) is 1. The highest BCUT2D eigenvalue weighted by atomic mass is 35.5. The molecular weight excluding hydrogens is 321 g/mol. The van der Waals surface area contributed by atoms with Gasteiger partial charge in [0.1, 0.15) is 5.82 Å². The van der Waals surface area contributed by atoms with E-state index in [9.17, 15) is 9.18 Å². The quantitative estimate of drug-likeness (QED) is 0.800. The Morgan fingerprint density at radius 1 is 1.26 bits per heavy atom. The van der Waals surface area contributed by atoms with Crippen molar-refractivity contribution in [3.63, 3.8) is 0 Å². The summed E-state index contributed by atoms with van der Waals surface area (Å²) in [5, 5.41) is 11.1. The van der Waals surface area contributed by atoms with E-state index in [-0.39, 0.29) is 11.5 Å². The third-order valence-corrected chi connectivity index (χ3v) is 3.57. The number of halogens is 2. The van der Waals surface area contributed by atoms with Gasteiger partial charge in [-0.05, 0) is 37.3 Å². The summed E-state index contributed by atoms with van der Waals surface area (Å²) in [6.45, 7) is 1.74. The van der Waals surface area contributed by atoms with Crippen LogP contribution in [0.3, 0.4) is 0 Å². The molecule has 1 aromatic carbocycles. The van der Waals surface area contributed by atoms with E-state index in [1.54, 1.807) is 19.2 Å². The number of aromatic nitrogens is 4. The summed E-state index contributed by atoms with van der Waals surface area (Å²) in [5.41, 5.74) is 1.71. The highest BCUT2D eigenvalue weighted by Crippen LogP contribution is 2.23. The van der Waals surface area contributed by atoms with Gasteiger partial charge in [-0.3, -0.25) is 9.78 Å². The lowest BCUT2D eigenvalue weighted by Gasteiger charge is -2.06. The lowest BCUT2D eigenvalue weighted by Crippen LogP contribution is -2.14. The number of nitrogens with zero attached hydrogens (tertiary/aromatic N) is 4. The number of carbonyl (C=O) groups is 1. The SMILES string of the molecule is Cc1nccc(NC(=O)c2cnn(-c3ccc(F)cc3)n2)c1Cl. The van der Waals surface area contributed by atoms with Crippen LogP contribution in [0.2, 0.25) is 5.02 Å². The molecule has 3 rings (SSSR count). The average molecular weight is 332 g/mol. The Morgan fingerprint density at radius 2 is 2.00 bits per heavy atom. The predicted molar refractivity (Wildman–Crippen MR) is 83.3 cm³/mol. The lowest BCUT2D eigenvalue weighted by molar-refractivity contribution is 0.102. The zero-order valence-corrected chi connectivity index (χ0v) is 12.8. The minimum absolute atomic E-state index is 0.111. The monoisotopic (exact) mass is 331 g/mol. The molecule has 2 aromatic heterocycles. The van der Waals surface area contributed by atoms with Crippen LogP contribution in [0.25, 0.3) is 5.69 Å². The molecule has 1 amide bonds. The van der Waals surface area contributed by atoms with Gasteiger partial charge >= 0.3 is 0 Å². The number of pyridine rings is 1. The number of aryl methyl sites for hydroxylation is 1. The second-order valence-electron chi connectivity index (χ2n) is 4.71. The number of benzene rings is 1. The van der Waals surface area contributed by atoms with Crippen LogP contribution >= 0.6 is 11.6 Å². The molecule has 0 radical (unpaired) electrons. The normalized spacial score (nSPS) is 10.6. The zero-order valence-electron chi connectivity index (χ0n) is 12.0. The van der Waals surface area contributed by atoms with Crippen molar-refractivity contribution in [2.24, 2.45) is 0 Å². The molecule has 8 heteroatoms. The van der Waals surface area contributed by atoms with Crippen molar-refractivity contribution in [2.45, 2.75) is 6.92 Å². The smallest absolute Gasteiger partial charge is 0.277 e. The van der Waals surface area contributed by atoms with Gasteiger partial charge in [-0.25, -0.2) is 4.39 Å². The third-order valence-electron chi connectivity index (χ3n) is 3.09. The summed E-state index contributed by atoms with van der Waals surface area (Å²) in [4.78, 5) is 17.5. The van der Waals surface area contributed by atoms with E-state index in [4.69, 9.17) is 11.6 Å². The van der Waals surface area contributed by atoms with Crippen LogP contribution in [0, 0.1) is 12.7 Å². The maximum absolute atomic E-state index is 12.9. The summed E-state index contributed by atoms with van der Waals surface area (Å²) in [7, 11) is 0. The van der Waals surface area contributed by atoms with Crippen molar-refractivity contribution >= 4 is 23.2 Å². The highest BCUT2D eigenvalue weighted by Gasteiger charge is 2.14. The fraction of sp³-hybridized carbons (Fsp3) is 0.0667. The molecular formula is C15H11ClFN5O. The maximum atomic E-state index is 12.9. The molecule has 0 aliphatic carbocycles. The molecule has 1 N–H and O–H groups in total. The van der Waals surface area contributed by atoms with E-state index in [2.05, 4.69) is 20.5 Å².